The number of nitrogens with zero attached hydrogens (tertiary/aromatic N) is 2. The van der Waals surface area contributed by atoms with Crippen molar-refractivity contribution in [2.24, 2.45) is 11.7 Å². The molecule has 0 radical (unpaired) electrons. The molecule has 1 fully saturated rings. The van der Waals surface area contributed by atoms with Gasteiger partial charge in [0.2, 0.25) is 5.91 Å². The molecule has 0 aliphatic carbocycles. The summed E-state index contributed by atoms with van der Waals surface area (Å²) in [5.74, 6) is 0.604. The number of benzene rings is 1. The number of rotatable bonds is 5. The van der Waals surface area contributed by atoms with Crippen LogP contribution >= 0.6 is 0 Å². The van der Waals surface area contributed by atoms with Crippen molar-refractivity contribution in [2.75, 3.05) is 27.2 Å². The van der Waals surface area contributed by atoms with E-state index < -0.39 is 6.04 Å². The molecule has 4 heteroatoms. The number of hydrogen-bond acceptors (Lipinski definition) is 3. The quantitative estimate of drug-likeness (QED) is 0.890. The number of aryl methyl sites for hydroxylation is 1. The Kier molecular flexibility index (Phi) is 5.37. The zero-order valence-electron chi connectivity index (χ0n) is 13.3. The van der Waals surface area contributed by atoms with Crippen LogP contribution in [-0.2, 0) is 11.2 Å². The number of carbonyl (C=O) groups is 1. The number of amides is 1. The summed E-state index contributed by atoms with van der Waals surface area (Å²) in [6.07, 6.45) is 1.56. The molecule has 2 N–H and O–H groups in total. The second kappa shape index (κ2) is 7.05. The second-order valence-corrected chi connectivity index (χ2v) is 6.38. The normalized spacial score (nSPS) is 23.6. The summed E-state index contributed by atoms with van der Waals surface area (Å²) in [6, 6.07) is 10.3. The van der Waals surface area contributed by atoms with Crippen molar-refractivity contribution in [3.63, 3.8) is 0 Å². The van der Waals surface area contributed by atoms with Crippen LogP contribution in [0.4, 0.5) is 0 Å². The van der Waals surface area contributed by atoms with Gasteiger partial charge >= 0.3 is 0 Å². The Hall–Kier alpha value is -1.39. The van der Waals surface area contributed by atoms with Gasteiger partial charge in [-0.2, -0.15) is 0 Å². The van der Waals surface area contributed by atoms with Gasteiger partial charge < -0.3 is 15.5 Å². The van der Waals surface area contributed by atoms with Crippen molar-refractivity contribution in [2.45, 2.75) is 31.8 Å². The highest BCUT2D eigenvalue weighted by atomic mass is 16.2. The Morgan fingerprint density at radius 2 is 2.00 bits per heavy atom. The van der Waals surface area contributed by atoms with Crippen molar-refractivity contribution in [3.05, 3.63) is 35.9 Å². The lowest BCUT2D eigenvalue weighted by Gasteiger charge is -2.23. The van der Waals surface area contributed by atoms with E-state index in [0.717, 1.165) is 19.5 Å². The molecule has 1 aromatic rings. The van der Waals surface area contributed by atoms with E-state index in [1.54, 1.807) is 0 Å². The Morgan fingerprint density at radius 3 is 2.57 bits per heavy atom. The van der Waals surface area contributed by atoms with Gasteiger partial charge in [-0.05, 0) is 38.4 Å². The average molecular weight is 289 g/mol. The zero-order valence-corrected chi connectivity index (χ0v) is 13.3. The van der Waals surface area contributed by atoms with Crippen molar-refractivity contribution < 1.29 is 4.79 Å². The van der Waals surface area contributed by atoms with Crippen LogP contribution in [0, 0.1) is 5.92 Å². The minimum Gasteiger partial charge on any atom is -0.339 e. The Morgan fingerprint density at radius 1 is 1.33 bits per heavy atom. The number of likely N-dealkylation sites (N-methyl/N-ethyl adjacent to an activating group) is 1. The topological polar surface area (TPSA) is 49.6 Å². The third kappa shape index (κ3) is 4.05. The number of hydrogen-bond donors (Lipinski definition) is 1. The lowest BCUT2D eigenvalue weighted by Crippen LogP contribution is -2.44. The molecule has 3 atom stereocenters. The Balaban J connectivity index is 1.85. The highest BCUT2D eigenvalue weighted by Gasteiger charge is 2.35. The fourth-order valence-corrected chi connectivity index (χ4v) is 3.13. The molecule has 4 nitrogen and oxygen atoms in total. The van der Waals surface area contributed by atoms with Crippen LogP contribution in [0.5, 0.6) is 0 Å². The maximum absolute atomic E-state index is 12.5. The molecule has 1 aromatic carbocycles. The van der Waals surface area contributed by atoms with Crippen molar-refractivity contribution >= 4 is 5.91 Å². The Labute approximate surface area is 127 Å². The van der Waals surface area contributed by atoms with Crippen LogP contribution in [0.2, 0.25) is 0 Å². The van der Waals surface area contributed by atoms with Gasteiger partial charge in [-0.25, -0.2) is 0 Å². The lowest BCUT2D eigenvalue weighted by atomic mass is 10.1. The molecule has 1 saturated heterocycles. The molecule has 1 amide bonds. The van der Waals surface area contributed by atoms with Gasteiger partial charge in [0.1, 0.15) is 0 Å². The first-order valence-corrected chi connectivity index (χ1v) is 7.73. The van der Waals surface area contributed by atoms with Gasteiger partial charge in [0.25, 0.3) is 0 Å². The largest absolute Gasteiger partial charge is 0.339 e. The molecular formula is C17H27N3O. The summed E-state index contributed by atoms with van der Waals surface area (Å²) in [6.45, 7) is 3.82. The molecule has 116 valence electrons. The van der Waals surface area contributed by atoms with Gasteiger partial charge in [-0.15, -0.1) is 0 Å². The highest BCUT2D eigenvalue weighted by Crippen LogP contribution is 2.21. The van der Waals surface area contributed by atoms with E-state index in [9.17, 15) is 4.79 Å². The highest BCUT2D eigenvalue weighted by molar-refractivity contribution is 5.82. The van der Waals surface area contributed by atoms with Crippen molar-refractivity contribution in [3.8, 4) is 0 Å². The number of likely N-dealkylation sites (tertiary alicyclic amines) is 1. The summed E-state index contributed by atoms with van der Waals surface area (Å²) in [5.41, 5.74) is 7.34. The van der Waals surface area contributed by atoms with Gasteiger partial charge in [0.15, 0.2) is 0 Å². The number of nitrogens with two attached hydrogens (primary N) is 1. The summed E-state index contributed by atoms with van der Waals surface area (Å²) >= 11 is 0. The second-order valence-electron chi connectivity index (χ2n) is 6.38. The fourth-order valence-electron chi connectivity index (χ4n) is 3.13. The molecule has 0 bridgehead atoms. The minimum atomic E-state index is -0.390. The van der Waals surface area contributed by atoms with Gasteiger partial charge in [-0.3, -0.25) is 4.79 Å². The molecule has 0 aromatic heterocycles. The first kappa shape index (κ1) is 16.0. The van der Waals surface area contributed by atoms with Crippen LogP contribution in [-0.4, -0.2) is 55.0 Å². The third-order valence-corrected chi connectivity index (χ3v) is 4.45. The average Bonchev–Trinajstić information content (AvgIpc) is 2.87. The van der Waals surface area contributed by atoms with E-state index in [1.807, 2.05) is 23.1 Å². The number of carbonyl (C=O) groups excluding carboxylic acids is 1. The molecule has 1 aliphatic heterocycles. The first-order valence-electron chi connectivity index (χ1n) is 7.73. The van der Waals surface area contributed by atoms with Crippen LogP contribution in [0.1, 0.15) is 18.9 Å². The van der Waals surface area contributed by atoms with Gasteiger partial charge in [0, 0.05) is 19.1 Å². The molecule has 1 aliphatic rings. The van der Waals surface area contributed by atoms with Crippen LogP contribution < -0.4 is 5.73 Å². The van der Waals surface area contributed by atoms with E-state index in [-0.39, 0.29) is 5.91 Å². The maximum atomic E-state index is 12.5. The third-order valence-electron chi connectivity index (χ3n) is 4.45. The molecule has 0 saturated carbocycles. The van der Waals surface area contributed by atoms with Crippen LogP contribution in [0.3, 0.4) is 0 Å². The van der Waals surface area contributed by atoms with Crippen molar-refractivity contribution in [1.29, 1.82) is 0 Å². The summed E-state index contributed by atoms with van der Waals surface area (Å²) < 4.78 is 0. The monoisotopic (exact) mass is 289 g/mol. The predicted molar refractivity (Wildman–Crippen MR) is 86.0 cm³/mol. The van der Waals surface area contributed by atoms with E-state index >= 15 is 0 Å². The van der Waals surface area contributed by atoms with Gasteiger partial charge in [-0.1, -0.05) is 37.3 Å². The van der Waals surface area contributed by atoms with E-state index in [0.29, 0.717) is 18.4 Å². The molecule has 21 heavy (non-hydrogen) atoms. The summed E-state index contributed by atoms with van der Waals surface area (Å²) in [5, 5.41) is 0. The van der Waals surface area contributed by atoms with E-state index in [1.165, 1.54) is 5.56 Å². The first-order chi connectivity index (χ1) is 9.99. The van der Waals surface area contributed by atoms with Gasteiger partial charge in [0.05, 0.1) is 6.04 Å². The molecule has 3 unspecified atom stereocenters. The SMILES string of the molecule is CC1CN(C(=O)C(N)CCc2ccccc2)CC1N(C)C. The molecule has 0 spiro atoms. The Bertz CT molecular complexity index is 460. The van der Waals surface area contributed by atoms with E-state index in [4.69, 9.17) is 5.73 Å². The molecule has 2 rings (SSSR count). The minimum absolute atomic E-state index is 0.0992. The zero-order chi connectivity index (χ0) is 15.4. The van der Waals surface area contributed by atoms with E-state index in [2.05, 4.69) is 38.1 Å². The fraction of sp³-hybridized carbons (Fsp3) is 0.588. The molecular weight excluding hydrogens is 262 g/mol. The summed E-state index contributed by atoms with van der Waals surface area (Å²) in [4.78, 5) is 16.6. The van der Waals surface area contributed by atoms with Crippen LogP contribution in [0.25, 0.3) is 0 Å². The summed E-state index contributed by atoms with van der Waals surface area (Å²) in [7, 11) is 4.15. The lowest BCUT2D eigenvalue weighted by molar-refractivity contribution is -0.131. The van der Waals surface area contributed by atoms with Crippen LogP contribution in [0.15, 0.2) is 30.3 Å². The smallest absolute Gasteiger partial charge is 0.239 e. The standard InChI is InChI=1S/C17H27N3O/c1-13-11-20(12-16(13)19(2)3)17(21)15(18)10-9-14-7-5-4-6-8-14/h4-8,13,15-16H,9-12,18H2,1-3H3. The predicted octanol–water partition coefficient (Wildman–Crippen LogP) is 1.35. The van der Waals surface area contributed by atoms with Crippen molar-refractivity contribution in [1.82, 2.24) is 9.80 Å². The maximum Gasteiger partial charge on any atom is 0.239 e. The molecule has 1 heterocycles.